The molecule has 1 heterocycles. The van der Waals surface area contributed by atoms with Crippen molar-refractivity contribution in [1.82, 2.24) is 15.1 Å². The van der Waals surface area contributed by atoms with Crippen LogP contribution in [0.15, 0.2) is 0 Å². The lowest BCUT2D eigenvalue weighted by atomic mass is 10.00. The number of nitrogens with zero attached hydrogens (tertiary/aromatic N) is 3. The minimum Gasteiger partial charge on any atom is -0.297 e. The molecule has 1 unspecified atom stereocenters. The zero-order valence-electron chi connectivity index (χ0n) is 11.7. The Labute approximate surface area is 109 Å². The Kier molecular flexibility index (Phi) is 3.45. The van der Waals surface area contributed by atoms with Crippen LogP contribution in [0.3, 0.4) is 0 Å². The topological polar surface area (TPSA) is 53.6 Å². The van der Waals surface area contributed by atoms with Crippen LogP contribution in [0.1, 0.15) is 43.1 Å². The van der Waals surface area contributed by atoms with E-state index in [9.17, 15) is 5.26 Å². The van der Waals surface area contributed by atoms with Crippen LogP contribution < -0.4 is 5.32 Å². The molecule has 0 aromatic carbocycles. The standard InChI is InChI=1S/C14H22N4/c1-10-11(2)17-18(12(10)3)8-7-14(4,9-15)16-13-5-6-13/h13,16H,5-8H2,1-4H3. The van der Waals surface area contributed by atoms with E-state index in [0.29, 0.717) is 6.04 Å². The van der Waals surface area contributed by atoms with Gasteiger partial charge in [-0.15, -0.1) is 0 Å². The molecule has 1 aromatic rings. The molecule has 4 heteroatoms. The van der Waals surface area contributed by atoms with Crippen LogP contribution in [0.5, 0.6) is 0 Å². The molecule has 1 saturated carbocycles. The van der Waals surface area contributed by atoms with Gasteiger partial charge in [0.05, 0.1) is 11.8 Å². The molecule has 1 atom stereocenters. The van der Waals surface area contributed by atoms with Crippen LogP contribution >= 0.6 is 0 Å². The van der Waals surface area contributed by atoms with Gasteiger partial charge in [-0.3, -0.25) is 10.00 Å². The third-order valence-corrected chi connectivity index (χ3v) is 3.91. The summed E-state index contributed by atoms with van der Waals surface area (Å²) in [4.78, 5) is 0. The molecule has 0 bridgehead atoms. The first kappa shape index (κ1) is 13.1. The maximum absolute atomic E-state index is 9.33. The van der Waals surface area contributed by atoms with E-state index in [4.69, 9.17) is 0 Å². The maximum atomic E-state index is 9.33. The van der Waals surface area contributed by atoms with Crippen molar-refractivity contribution in [2.45, 2.75) is 65.1 Å². The van der Waals surface area contributed by atoms with Gasteiger partial charge in [0.15, 0.2) is 0 Å². The van der Waals surface area contributed by atoms with E-state index in [1.807, 2.05) is 18.5 Å². The second-order valence-electron chi connectivity index (χ2n) is 5.63. The summed E-state index contributed by atoms with van der Waals surface area (Å²) in [5, 5.41) is 17.3. The number of nitriles is 1. The molecule has 0 spiro atoms. The van der Waals surface area contributed by atoms with E-state index in [0.717, 1.165) is 18.7 Å². The monoisotopic (exact) mass is 246 g/mol. The summed E-state index contributed by atoms with van der Waals surface area (Å²) in [5.74, 6) is 0. The van der Waals surface area contributed by atoms with Gasteiger partial charge in [-0.25, -0.2) is 0 Å². The summed E-state index contributed by atoms with van der Waals surface area (Å²) in [6.07, 6.45) is 3.20. The van der Waals surface area contributed by atoms with Crippen molar-refractivity contribution < 1.29 is 0 Å². The van der Waals surface area contributed by atoms with E-state index in [2.05, 4.69) is 30.3 Å². The average molecular weight is 246 g/mol. The third kappa shape index (κ3) is 2.73. The zero-order chi connectivity index (χ0) is 13.3. The number of aromatic nitrogens is 2. The smallest absolute Gasteiger partial charge is 0.105 e. The predicted octanol–water partition coefficient (Wildman–Crippen LogP) is 2.23. The highest BCUT2D eigenvalue weighted by Gasteiger charge is 2.32. The lowest BCUT2D eigenvalue weighted by Gasteiger charge is -2.23. The molecule has 98 valence electrons. The molecule has 1 aliphatic rings. The number of hydrogen-bond acceptors (Lipinski definition) is 3. The van der Waals surface area contributed by atoms with Crippen molar-refractivity contribution in [1.29, 1.82) is 5.26 Å². The fraction of sp³-hybridized carbons (Fsp3) is 0.714. The van der Waals surface area contributed by atoms with Gasteiger partial charge in [0.1, 0.15) is 5.54 Å². The van der Waals surface area contributed by atoms with Crippen LogP contribution in [-0.4, -0.2) is 21.4 Å². The normalized spacial score (nSPS) is 18.4. The zero-order valence-corrected chi connectivity index (χ0v) is 11.7. The largest absolute Gasteiger partial charge is 0.297 e. The van der Waals surface area contributed by atoms with E-state index >= 15 is 0 Å². The Bertz CT molecular complexity index is 479. The first-order valence-corrected chi connectivity index (χ1v) is 6.65. The second kappa shape index (κ2) is 4.74. The molecule has 0 radical (unpaired) electrons. The summed E-state index contributed by atoms with van der Waals surface area (Å²) in [5.41, 5.74) is 3.12. The Balaban J connectivity index is 2.01. The molecule has 1 fully saturated rings. The first-order valence-electron chi connectivity index (χ1n) is 6.65. The summed E-state index contributed by atoms with van der Waals surface area (Å²) in [6, 6.07) is 2.96. The highest BCUT2D eigenvalue weighted by molar-refractivity contribution is 5.22. The number of hydrogen-bond donors (Lipinski definition) is 1. The third-order valence-electron chi connectivity index (χ3n) is 3.91. The van der Waals surface area contributed by atoms with Crippen LogP contribution in [0.25, 0.3) is 0 Å². The lowest BCUT2D eigenvalue weighted by Crippen LogP contribution is -2.43. The van der Waals surface area contributed by atoms with Crippen LogP contribution in [0.2, 0.25) is 0 Å². The Morgan fingerprint density at radius 1 is 1.44 bits per heavy atom. The van der Waals surface area contributed by atoms with Gasteiger partial charge in [0.25, 0.3) is 0 Å². The molecule has 0 aliphatic heterocycles. The fourth-order valence-corrected chi connectivity index (χ4v) is 2.17. The molecule has 2 rings (SSSR count). The Morgan fingerprint density at radius 3 is 2.56 bits per heavy atom. The molecule has 4 nitrogen and oxygen atoms in total. The van der Waals surface area contributed by atoms with Crippen molar-refractivity contribution in [3.63, 3.8) is 0 Å². The highest BCUT2D eigenvalue weighted by atomic mass is 15.3. The van der Waals surface area contributed by atoms with Gasteiger partial charge >= 0.3 is 0 Å². The van der Waals surface area contributed by atoms with Crippen molar-refractivity contribution in [2.75, 3.05) is 0 Å². The van der Waals surface area contributed by atoms with Crippen LogP contribution in [0.4, 0.5) is 0 Å². The van der Waals surface area contributed by atoms with Gasteiger partial charge < -0.3 is 0 Å². The van der Waals surface area contributed by atoms with E-state index in [1.165, 1.54) is 24.1 Å². The van der Waals surface area contributed by atoms with Crippen LogP contribution in [0, 0.1) is 32.1 Å². The molecular formula is C14H22N4. The molecule has 1 aromatic heterocycles. The minimum atomic E-state index is -0.429. The summed E-state index contributed by atoms with van der Waals surface area (Å²) >= 11 is 0. The number of aryl methyl sites for hydroxylation is 2. The molecular weight excluding hydrogens is 224 g/mol. The van der Waals surface area contributed by atoms with Crippen molar-refractivity contribution in [2.24, 2.45) is 0 Å². The van der Waals surface area contributed by atoms with Crippen LogP contribution in [-0.2, 0) is 6.54 Å². The number of rotatable bonds is 5. The van der Waals surface area contributed by atoms with E-state index < -0.39 is 5.54 Å². The summed E-state index contributed by atoms with van der Waals surface area (Å²) in [7, 11) is 0. The summed E-state index contributed by atoms with van der Waals surface area (Å²) < 4.78 is 2.02. The van der Waals surface area contributed by atoms with Gasteiger partial charge in [-0.2, -0.15) is 10.4 Å². The van der Waals surface area contributed by atoms with Crippen molar-refractivity contribution in [3.05, 3.63) is 17.0 Å². The Hall–Kier alpha value is -1.34. The van der Waals surface area contributed by atoms with E-state index in [-0.39, 0.29) is 0 Å². The minimum absolute atomic E-state index is 0.429. The number of nitrogens with one attached hydrogen (secondary N) is 1. The quantitative estimate of drug-likeness (QED) is 0.866. The molecule has 0 saturated heterocycles. The lowest BCUT2D eigenvalue weighted by molar-refractivity contribution is 0.376. The summed E-state index contributed by atoms with van der Waals surface area (Å²) in [6.45, 7) is 9.01. The van der Waals surface area contributed by atoms with Crippen molar-refractivity contribution >= 4 is 0 Å². The van der Waals surface area contributed by atoms with E-state index in [1.54, 1.807) is 0 Å². The average Bonchev–Trinajstić information content (AvgIpc) is 3.11. The van der Waals surface area contributed by atoms with Gasteiger partial charge in [0.2, 0.25) is 0 Å². The van der Waals surface area contributed by atoms with Gasteiger partial charge in [-0.1, -0.05) is 0 Å². The molecule has 0 amide bonds. The fourth-order valence-electron chi connectivity index (χ4n) is 2.17. The molecule has 1 N–H and O–H groups in total. The highest BCUT2D eigenvalue weighted by Crippen LogP contribution is 2.24. The SMILES string of the molecule is Cc1nn(CCC(C)(C#N)NC2CC2)c(C)c1C. The Morgan fingerprint density at radius 2 is 2.11 bits per heavy atom. The van der Waals surface area contributed by atoms with Gasteiger partial charge in [0, 0.05) is 18.3 Å². The molecule has 18 heavy (non-hydrogen) atoms. The first-order chi connectivity index (χ1) is 8.45. The second-order valence-corrected chi connectivity index (χ2v) is 5.63. The molecule has 1 aliphatic carbocycles. The predicted molar refractivity (Wildman–Crippen MR) is 71.2 cm³/mol. The maximum Gasteiger partial charge on any atom is 0.105 e. The van der Waals surface area contributed by atoms with Crippen molar-refractivity contribution in [3.8, 4) is 6.07 Å². The van der Waals surface area contributed by atoms with Gasteiger partial charge in [-0.05, 0) is 52.5 Å².